The van der Waals surface area contributed by atoms with Gasteiger partial charge >= 0.3 is 0 Å². The van der Waals surface area contributed by atoms with Gasteiger partial charge in [0.2, 0.25) is 5.88 Å². The molecule has 0 saturated carbocycles. The number of hydrogen-bond donors (Lipinski definition) is 1. The highest BCUT2D eigenvalue weighted by molar-refractivity contribution is 5.43. The third-order valence-electron chi connectivity index (χ3n) is 3.45. The molecule has 0 amide bonds. The van der Waals surface area contributed by atoms with E-state index in [2.05, 4.69) is 10.4 Å². The maximum atomic E-state index is 6.13. The van der Waals surface area contributed by atoms with Crippen LogP contribution in [0, 0.1) is 6.92 Å². The monoisotopic (exact) mass is 293 g/mol. The van der Waals surface area contributed by atoms with Crippen molar-refractivity contribution in [3.05, 3.63) is 71.9 Å². The summed E-state index contributed by atoms with van der Waals surface area (Å²) >= 11 is 0. The lowest BCUT2D eigenvalue weighted by atomic mass is 10.2. The minimum absolute atomic E-state index is 0.709. The van der Waals surface area contributed by atoms with Gasteiger partial charge in [0.15, 0.2) is 0 Å². The zero-order valence-corrected chi connectivity index (χ0v) is 12.8. The quantitative estimate of drug-likeness (QED) is 0.779. The van der Waals surface area contributed by atoms with Crippen LogP contribution in [0.2, 0.25) is 0 Å². The molecule has 1 N–H and O–H groups in total. The van der Waals surface area contributed by atoms with Gasteiger partial charge < -0.3 is 10.1 Å². The second kappa shape index (κ2) is 6.45. The van der Waals surface area contributed by atoms with Crippen LogP contribution in [-0.2, 0) is 6.54 Å². The molecule has 1 heterocycles. The average molecular weight is 293 g/mol. The summed E-state index contributed by atoms with van der Waals surface area (Å²) < 4.78 is 7.99. The second-order valence-electron chi connectivity index (χ2n) is 5.06. The molecule has 0 aliphatic carbocycles. The first kappa shape index (κ1) is 14.4. The standard InChI is InChI=1S/C18H19N3O/c1-14-17(13-19-2)18(22-16-11-7-4-8-12-16)21(20-14)15-9-5-3-6-10-15/h3-12,19H,13H2,1-2H3. The molecule has 0 radical (unpaired) electrons. The number of ether oxygens (including phenoxy) is 1. The molecule has 0 aliphatic rings. The summed E-state index contributed by atoms with van der Waals surface area (Å²) in [4.78, 5) is 0. The largest absolute Gasteiger partial charge is 0.439 e. The lowest BCUT2D eigenvalue weighted by molar-refractivity contribution is 0.438. The number of aryl methyl sites for hydroxylation is 1. The first-order valence-electron chi connectivity index (χ1n) is 7.31. The molecule has 0 bridgehead atoms. The lowest BCUT2D eigenvalue weighted by Crippen LogP contribution is -2.07. The number of nitrogens with zero attached hydrogens (tertiary/aromatic N) is 2. The van der Waals surface area contributed by atoms with Gasteiger partial charge in [-0.05, 0) is 38.2 Å². The van der Waals surface area contributed by atoms with E-state index in [9.17, 15) is 0 Å². The summed E-state index contributed by atoms with van der Waals surface area (Å²) in [7, 11) is 1.92. The van der Waals surface area contributed by atoms with Crippen molar-refractivity contribution < 1.29 is 4.74 Å². The van der Waals surface area contributed by atoms with Crippen molar-refractivity contribution in [3.8, 4) is 17.3 Å². The van der Waals surface area contributed by atoms with Crippen molar-refractivity contribution in [2.45, 2.75) is 13.5 Å². The van der Waals surface area contributed by atoms with Crippen molar-refractivity contribution in [3.63, 3.8) is 0 Å². The molecule has 2 aromatic carbocycles. The van der Waals surface area contributed by atoms with Crippen LogP contribution >= 0.6 is 0 Å². The van der Waals surface area contributed by atoms with Crippen LogP contribution in [0.1, 0.15) is 11.3 Å². The topological polar surface area (TPSA) is 39.1 Å². The molecule has 0 unspecified atom stereocenters. The van der Waals surface area contributed by atoms with E-state index in [1.807, 2.05) is 79.3 Å². The van der Waals surface area contributed by atoms with Gasteiger partial charge in [0, 0.05) is 6.54 Å². The Kier molecular flexibility index (Phi) is 4.21. The Morgan fingerprint density at radius 3 is 2.27 bits per heavy atom. The van der Waals surface area contributed by atoms with E-state index < -0.39 is 0 Å². The molecule has 1 aromatic heterocycles. The summed E-state index contributed by atoms with van der Waals surface area (Å²) in [6, 6.07) is 19.8. The van der Waals surface area contributed by atoms with Crippen LogP contribution in [0.5, 0.6) is 11.6 Å². The number of rotatable bonds is 5. The SMILES string of the molecule is CNCc1c(C)nn(-c2ccccc2)c1Oc1ccccc1. The first-order valence-corrected chi connectivity index (χ1v) is 7.31. The van der Waals surface area contributed by atoms with Crippen molar-refractivity contribution in [2.24, 2.45) is 0 Å². The van der Waals surface area contributed by atoms with E-state index in [-0.39, 0.29) is 0 Å². The Morgan fingerprint density at radius 2 is 1.64 bits per heavy atom. The normalized spacial score (nSPS) is 10.6. The fourth-order valence-corrected chi connectivity index (χ4v) is 2.37. The van der Waals surface area contributed by atoms with E-state index in [4.69, 9.17) is 4.74 Å². The van der Waals surface area contributed by atoms with Gasteiger partial charge in [0.1, 0.15) is 5.75 Å². The van der Waals surface area contributed by atoms with Gasteiger partial charge in [-0.1, -0.05) is 36.4 Å². The van der Waals surface area contributed by atoms with E-state index >= 15 is 0 Å². The predicted octanol–water partition coefficient (Wildman–Crippen LogP) is 3.69. The molecule has 0 saturated heterocycles. The third kappa shape index (κ3) is 2.87. The van der Waals surface area contributed by atoms with Crippen molar-refractivity contribution >= 4 is 0 Å². The maximum absolute atomic E-state index is 6.13. The minimum Gasteiger partial charge on any atom is -0.439 e. The molecule has 3 rings (SSSR count). The molecule has 0 atom stereocenters. The highest BCUT2D eigenvalue weighted by atomic mass is 16.5. The lowest BCUT2D eigenvalue weighted by Gasteiger charge is -2.11. The summed E-state index contributed by atoms with van der Waals surface area (Å²) in [5, 5.41) is 7.83. The Balaban J connectivity index is 2.08. The van der Waals surface area contributed by atoms with Crippen LogP contribution in [-0.4, -0.2) is 16.8 Å². The summed E-state index contributed by atoms with van der Waals surface area (Å²) in [6.07, 6.45) is 0. The Bertz CT molecular complexity index is 736. The Morgan fingerprint density at radius 1 is 1.00 bits per heavy atom. The molecule has 112 valence electrons. The number of hydrogen-bond acceptors (Lipinski definition) is 3. The van der Waals surface area contributed by atoms with Crippen molar-refractivity contribution in [1.29, 1.82) is 0 Å². The fourth-order valence-electron chi connectivity index (χ4n) is 2.37. The number of aromatic nitrogens is 2. The van der Waals surface area contributed by atoms with Crippen LogP contribution in [0.25, 0.3) is 5.69 Å². The smallest absolute Gasteiger partial charge is 0.227 e. The maximum Gasteiger partial charge on any atom is 0.227 e. The average Bonchev–Trinajstić information content (AvgIpc) is 2.86. The number of benzene rings is 2. The van der Waals surface area contributed by atoms with Gasteiger partial charge in [0.25, 0.3) is 0 Å². The summed E-state index contributed by atoms with van der Waals surface area (Å²) in [5.41, 5.74) is 3.01. The van der Waals surface area contributed by atoms with Gasteiger partial charge in [-0.2, -0.15) is 5.10 Å². The number of para-hydroxylation sites is 2. The van der Waals surface area contributed by atoms with Crippen LogP contribution in [0.3, 0.4) is 0 Å². The van der Waals surface area contributed by atoms with E-state index in [1.165, 1.54) is 0 Å². The van der Waals surface area contributed by atoms with Crippen LogP contribution < -0.4 is 10.1 Å². The predicted molar refractivity (Wildman–Crippen MR) is 87.6 cm³/mol. The summed E-state index contributed by atoms with van der Waals surface area (Å²) in [5.74, 6) is 1.56. The zero-order valence-electron chi connectivity index (χ0n) is 12.8. The van der Waals surface area contributed by atoms with E-state index in [0.717, 1.165) is 28.6 Å². The van der Waals surface area contributed by atoms with Gasteiger partial charge in [0.05, 0.1) is 16.9 Å². The molecule has 0 fully saturated rings. The van der Waals surface area contributed by atoms with Crippen molar-refractivity contribution in [1.82, 2.24) is 15.1 Å². The highest BCUT2D eigenvalue weighted by Gasteiger charge is 2.18. The molecular weight excluding hydrogens is 274 g/mol. The van der Waals surface area contributed by atoms with Crippen LogP contribution in [0.4, 0.5) is 0 Å². The Hall–Kier alpha value is -2.59. The van der Waals surface area contributed by atoms with Gasteiger partial charge in [-0.15, -0.1) is 0 Å². The van der Waals surface area contributed by atoms with Gasteiger partial charge in [-0.3, -0.25) is 0 Å². The number of nitrogens with one attached hydrogen (secondary N) is 1. The fraction of sp³-hybridized carbons (Fsp3) is 0.167. The van der Waals surface area contributed by atoms with Crippen molar-refractivity contribution in [2.75, 3.05) is 7.05 Å². The molecule has 22 heavy (non-hydrogen) atoms. The van der Waals surface area contributed by atoms with Gasteiger partial charge in [-0.25, -0.2) is 4.68 Å². The zero-order chi connectivity index (χ0) is 15.4. The highest BCUT2D eigenvalue weighted by Crippen LogP contribution is 2.30. The Labute approximate surface area is 130 Å². The third-order valence-corrected chi connectivity index (χ3v) is 3.45. The van der Waals surface area contributed by atoms with E-state index in [0.29, 0.717) is 6.54 Å². The molecule has 0 spiro atoms. The van der Waals surface area contributed by atoms with Crippen LogP contribution in [0.15, 0.2) is 60.7 Å². The second-order valence-corrected chi connectivity index (χ2v) is 5.06. The molecule has 4 heteroatoms. The summed E-state index contributed by atoms with van der Waals surface area (Å²) in [6.45, 7) is 2.71. The first-order chi connectivity index (χ1) is 10.8. The minimum atomic E-state index is 0.709. The molecule has 0 aliphatic heterocycles. The molecular formula is C18H19N3O. The van der Waals surface area contributed by atoms with E-state index in [1.54, 1.807) is 0 Å². The molecule has 3 aromatic rings. The molecule has 4 nitrogen and oxygen atoms in total.